The zero-order valence-corrected chi connectivity index (χ0v) is 11.9. The summed E-state index contributed by atoms with van der Waals surface area (Å²) in [6.07, 6.45) is 1.48. The SMILES string of the molecule is BC1OC1(Cn1ncnc1SS)c1cccc(F)c1. The summed E-state index contributed by atoms with van der Waals surface area (Å²) < 4.78 is 20.8. The summed E-state index contributed by atoms with van der Waals surface area (Å²) >= 11 is 4.13. The normalized spacial score (nSPS) is 25.5. The maximum Gasteiger partial charge on any atom is 0.196 e. The second kappa shape index (κ2) is 4.84. The smallest absolute Gasteiger partial charge is 0.196 e. The van der Waals surface area contributed by atoms with Gasteiger partial charge in [0.1, 0.15) is 25.6 Å². The van der Waals surface area contributed by atoms with E-state index in [9.17, 15) is 4.39 Å². The quantitative estimate of drug-likeness (QED) is 0.399. The van der Waals surface area contributed by atoms with E-state index in [-0.39, 0.29) is 11.8 Å². The average Bonchev–Trinajstić information content (AvgIpc) is 2.85. The van der Waals surface area contributed by atoms with E-state index >= 15 is 0 Å². The average molecular weight is 295 g/mol. The molecule has 2 unspecified atom stereocenters. The van der Waals surface area contributed by atoms with Crippen LogP contribution in [0.3, 0.4) is 0 Å². The van der Waals surface area contributed by atoms with Crippen molar-refractivity contribution in [2.75, 3.05) is 0 Å². The highest BCUT2D eigenvalue weighted by molar-refractivity contribution is 8.68. The Morgan fingerprint density at radius 2 is 2.37 bits per heavy atom. The highest BCUT2D eigenvalue weighted by atomic mass is 33.1. The summed E-state index contributed by atoms with van der Waals surface area (Å²) in [5.41, 5.74) is 0.305. The lowest BCUT2D eigenvalue weighted by Gasteiger charge is -2.14. The number of rotatable bonds is 4. The number of hydrogen-bond acceptors (Lipinski definition) is 5. The molecule has 4 nitrogen and oxygen atoms in total. The summed E-state index contributed by atoms with van der Waals surface area (Å²) in [6, 6.07) is 6.52. The third-order valence-electron chi connectivity index (χ3n) is 3.35. The molecule has 0 amide bonds. The van der Waals surface area contributed by atoms with Crippen LogP contribution in [0.4, 0.5) is 4.39 Å². The first kappa shape index (κ1) is 13.0. The predicted molar refractivity (Wildman–Crippen MR) is 76.4 cm³/mol. The van der Waals surface area contributed by atoms with Crippen LogP contribution in [0.5, 0.6) is 0 Å². The van der Waals surface area contributed by atoms with Gasteiger partial charge in [-0.2, -0.15) is 5.10 Å². The Labute approximate surface area is 120 Å². The van der Waals surface area contributed by atoms with Crippen molar-refractivity contribution in [3.05, 3.63) is 42.0 Å². The number of halogens is 1. The summed E-state index contributed by atoms with van der Waals surface area (Å²) in [4.78, 5) is 4.09. The Balaban J connectivity index is 1.93. The Bertz CT molecular complexity index is 611. The number of ether oxygens (including phenoxy) is 1. The molecule has 1 fully saturated rings. The van der Waals surface area contributed by atoms with E-state index in [1.54, 1.807) is 10.7 Å². The minimum absolute atomic E-state index is 0.0243. The van der Waals surface area contributed by atoms with Crippen molar-refractivity contribution >= 4 is 30.3 Å². The van der Waals surface area contributed by atoms with Gasteiger partial charge in [-0.15, -0.1) is 11.7 Å². The van der Waals surface area contributed by atoms with Crippen LogP contribution in [0.1, 0.15) is 5.56 Å². The van der Waals surface area contributed by atoms with Crippen molar-refractivity contribution in [3.8, 4) is 0 Å². The van der Waals surface area contributed by atoms with Crippen molar-refractivity contribution in [3.63, 3.8) is 0 Å². The molecule has 0 bridgehead atoms. The molecule has 2 aromatic rings. The standard InChI is InChI=1S/C11H11BFN3OS2/c12-9-11(17-9,7-2-1-3-8(13)4-7)5-16-10(19-18)14-6-15-16/h1-4,6,9,18H,5,12H2. The van der Waals surface area contributed by atoms with Crippen LogP contribution >= 0.6 is 22.5 Å². The fourth-order valence-electron chi connectivity index (χ4n) is 2.25. The van der Waals surface area contributed by atoms with Crippen molar-refractivity contribution in [1.29, 1.82) is 0 Å². The van der Waals surface area contributed by atoms with Crippen LogP contribution < -0.4 is 0 Å². The molecule has 1 aromatic carbocycles. The molecule has 0 saturated carbocycles. The molecule has 0 spiro atoms. The number of hydrogen-bond donors (Lipinski definition) is 1. The van der Waals surface area contributed by atoms with E-state index in [1.165, 1.54) is 29.3 Å². The molecule has 1 saturated heterocycles. The molecule has 19 heavy (non-hydrogen) atoms. The monoisotopic (exact) mass is 295 g/mol. The molecule has 2 heterocycles. The van der Waals surface area contributed by atoms with Gasteiger partial charge in [0, 0.05) is 0 Å². The molecule has 1 aliphatic heterocycles. The first-order valence-electron chi connectivity index (χ1n) is 5.79. The summed E-state index contributed by atoms with van der Waals surface area (Å²) in [6.45, 7) is 0.501. The number of nitrogens with zero attached hydrogens (tertiary/aromatic N) is 3. The van der Waals surface area contributed by atoms with Gasteiger partial charge in [0.25, 0.3) is 0 Å². The Morgan fingerprint density at radius 3 is 3.00 bits per heavy atom. The van der Waals surface area contributed by atoms with E-state index in [1.807, 2.05) is 13.9 Å². The van der Waals surface area contributed by atoms with Gasteiger partial charge in [-0.3, -0.25) is 0 Å². The second-order valence-corrected chi connectivity index (χ2v) is 5.55. The number of thiol groups is 1. The van der Waals surface area contributed by atoms with E-state index in [0.717, 1.165) is 5.56 Å². The van der Waals surface area contributed by atoms with Gasteiger partial charge < -0.3 is 4.74 Å². The van der Waals surface area contributed by atoms with Gasteiger partial charge in [-0.25, -0.2) is 14.1 Å². The minimum atomic E-state index is -0.520. The van der Waals surface area contributed by atoms with Gasteiger partial charge in [-0.1, -0.05) is 12.1 Å². The lowest BCUT2D eigenvalue weighted by atomic mass is 9.85. The fourth-order valence-corrected chi connectivity index (χ4v) is 2.97. The zero-order valence-electron chi connectivity index (χ0n) is 10.2. The summed E-state index contributed by atoms with van der Waals surface area (Å²) in [5.74, 6) is -0.262. The molecule has 0 radical (unpaired) electrons. The topological polar surface area (TPSA) is 43.2 Å². The zero-order chi connectivity index (χ0) is 13.5. The molecule has 3 rings (SSSR count). The van der Waals surface area contributed by atoms with Gasteiger partial charge in [0.15, 0.2) is 5.16 Å². The first-order chi connectivity index (χ1) is 9.15. The Hall–Kier alpha value is -0.985. The largest absolute Gasteiger partial charge is 0.369 e. The number of epoxide rings is 1. The fraction of sp³-hybridized carbons (Fsp3) is 0.273. The lowest BCUT2D eigenvalue weighted by molar-refractivity contribution is 0.260. The van der Waals surface area contributed by atoms with Gasteiger partial charge in [-0.05, 0) is 28.5 Å². The van der Waals surface area contributed by atoms with Crippen molar-refractivity contribution in [2.24, 2.45) is 0 Å². The van der Waals surface area contributed by atoms with Crippen molar-refractivity contribution in [1.82, 2.24) is 14.8 Å². The van der Waals surface area contributed by atoms with Crippen LogP contribution in [0.15, 0.2) is 35.7 Å². The molecule has 98 valence electrons. The third-order valence-corrected chi connectivity index (χ3v) is 4.32. The summed E-state index contributed by atoms with van der Waals surface area (Å²) in [5, 5.41) is 4.85. The summed E-state index contributed by atoms with van der Waals surface area (Å²) in [7, 11) is 3.19. The second-order valence-electron chi connectivity index (χ2n) is 4.45. The number of benzene rings is 1. The van der Waals surface area contributed by atoms with Gasteiger partial charge >= 0.3 is 0 Å². The molecule has 2 atom stereocenters. The maximum atomic E-state index is 13.4. The van der Waals surface area contributed by atoms with Crippen molar-refractivity contribution in [2.45, 2.75) is 23.3 Å². The highest BCUT2D eigenvalue weighted by Gasteiger charge is 2.55. The predicted octanol–water partition coefficient (Wildman–Crippen LogP) is 1.24. The van der Waals surface area contributed by atoms with Crippen LogP contribution in [0.2, 0.25) is 0 Å². The van der Waals surface area contributed by atoms with Gasteiger partial charge in [0.05, 0.1) is 12.5 Å². The Kier molecular flexibility index (Phi) is 3.32. The lowest BCUT2D eigenvalue weighted by Crippen LogP contribution is -2.22. The first-order valence-corrected chi connectivity index (χ1v) is 7.66. The molecule has 8 heteroatoms. The molecule has 0 N–H and O–H groups in total. The number of aromatic nitrogens is 3. The van der Waals surface area contributed by atoms with E-state index in [2.05, 4.69) is 21.7 Å². The Morgan fingerprint density at radius 1 is 1.58 bits per heavy atom. The highest BCUT2D eigenvalue weighted by Crippen LogP contribution is 2.46. The van der Waals surface area contributed by atoms with Gasteiger partial charge in [0.2, 0.25) is 0 Å². The third kappa shape index (κ3) is 2.28. The van der Waals surface area contributed by atoms with E-state index < -0.39 is 5.60 Å². The maximum absolute atomic E-state index is 13.4. The molecule has 0 aliphatic carbocycles. The molecular formula is C11H11BFN3OS2. The minimum Gasteiger partial charge on any atom is -0.369 e. The van der Waals surface area contributed by atoms with Crippen LogP contribution in [0.25, 0.3) is 0 Å². The molecule has 1 aliphatic rings. The van der Waals surface area contributed by atoms with Crippen LogP contribution in [-0.2, 0) is 16.9 Å². The molecular weight excluding hydrogens is 284 g/mol. The van der Waals surface area contributed by atoms with E-state index in [4.69, 9.17) is 4.74 Å². The van der Waals surface area contributed by atoms with Crippen LogP contribution in [0, 0.1) is 5.82 Å². The van der Waals surface area contributed by atoms with Crippen LogP contribution in [-0.4, -0.2) is 28.6 Å². The molecule has 1 aromatic heterocycles. The van der Waals surface area contributed by atoms with Crippen molar-refractivity contribution < 1.29 is 9.13 Å². The van der Waals surface area contributed by atoms with E-state index in [0.29, 0.717) is 11.7 Å².